The molecule has 1 aromatic heterocycles. The van der Waals surface area contributed by atoms with Crippen LogP contribution in [0, 0.1) is 5.82 Å². The van der Waals surface area contributed by atoms with Gasteiger partial charge in [-0.15, -0.1) is 0 Å². The Morgan fingerprint density at radius 2 is 2.06 bits per heavy atom. The van der Waals surface area contributed by atoms with Gasteiger partial charge in [0.25, 0.3) is 14.2 Å². The first-order chi connectivity index (χ1) is 7.86. The molecule has 90 valence electrons. The van der Waals surface area contributed by atoms with Gasteiger partial charge in [0, 0.05) is 20.7 Å². The lowest BCUT2D eigenvalue weighted by molar-refractivity contribution is 0.602. The van der Waals surface area contributed by atoms with Crippen molar-refractivity contribution in [2.45, 2.75) is 5.16 Å². The van der Waals surface area contributed by atoms with Crippen LogP contribution >= 0.6 is 26.6 Å². The first-order valence-corrected chi connectivity index (χ1v) is 7.30. The SMILES string of the molecule is O=S(=O)(Cl)c1nc(-c2cc(F)cc(Br)c2)n[nH]1. The van der Waals surface area contributed by atoms with Gasteiger partial charge in [-0.1, -0.05) is 15.9 Å². The van der Waals surface area contributed by atoms with Gasteiger partial charge in [0.1, 0.15) is 5.82 Å². The number of hydrogen-bond acceptors (Lipinski definition) is 4. The number of benzene rings is 1. The predicted octanol–water partition coefficient (Wildman–Crippen LogP) is 2.30. The monoisotopic (exact) mass is 339 g/mol. The smallest absolute Gasteiger partial charge is 0.248 e. The largest absolute Gasteiger partial charge is 0.296 e. The van der Waals surface area contributed by atoms with Crippen molar-refractivity contribution in [3.8, 4) is 11.4 Å². The number of H-pyrrole nitrogens is 1. The van der Waals surface area contributed by atoms with E-state index in [0.717, 1.165) is 0 Å². The molecular formula is C8H4BrClFN3O2S. The van der Waals surface area contributed by atoms with E-state index in [-0.39, 0.29) is 5.82 Å². The molecule has 0 saturated heterocycles. The van der Waals surface area contributed by atoms with E-state index >= 15 is 0 Å². The van der Waals surface area contributed by atoms with Gasteiger partial charge in [-0.05, 0) is 18.2 Å². The van der Waals surface area contributed by atoms with Gasteiger partial charge in [0.05, 0.1) is 0 Å². The summed E-state index contributed by atoms with van der Waals surface area (Å²) in [5.41, 5.74) is 0.333. The fourth-order valence-electron chi connectivity index (χ4n) is 1.17. The molecule has 0 spiro atoms. The summed E-state index contributed by atoms with van der Waals surface area (Å²) in [4.78, 5) is 3.66. The lowest BCUT2D eigenvalue weighted by atomic mass is 10.2. The van der Waals surface area contributed by atoms with Crippen molar-refractivity contribution in [3.05, 3.63) is 28.5 Å². The van der Waals surface area contributed by atoms with E-state index < -0.39 is 20.0 Å². The molecule has 2 aromatic rings. The van der Waals surface area contributed by atoms with E-state index in [0.29, 0.717) is 10.0 Å². The highest BCUT2D eigenvalue weighted by Crippen LogP contribution is 2.23. The Kier molecular flexibility index (Phi) is 3.19. The van der Waals surface area contributed by atoms with E-state index in [4.69, 9.17) is 10.7 Å². The standard InChI is InChI=1S/C8H4BrClFN3O2S/c9-5-1-4(2-6(11)3-5)7-12-8(14-13-7)17(10,15)16/h1-3H,(H,12,13,14). The Morgan fingerprint density at radius 1 is 1.35 bits per heavy atom. The van der Waals surface area contributed by atoms with Crippen LogP contribution in [0.2, 0.25) is 0 Å². The molecule has 17 heavy (non-hydrogen) atoms. The van der Waals surface area contributed by atoms with Crippen LogP contribution in [0.15, 0.2) is 27.8 Å². The summed E-state index contributed by atoms with van der Waals surface area (Å²) in [6, 6.07) is 3.99. The number of hydrogen-bond donors (Lipinski definition) is 1. The molecule has 0 saturated carbocycles. The van der Waals surface area contributed by atoms with Crippen molar-refractivity contribution in [1.82, 2.24) is 15.2 Å². The highest BCUT2D eigenvalue weighted by atomic mass is 79.9. The van der Waals surface area contributed by atoms with Gasteiger partial charge in [-0.25, -0.2) is 17.9 Å². The van der Waals surface area contributed by atoms with Crippen molar-refractivity contribution in [1.29, 1.82) is 0 Å². The zero-order valence-corrected chi connectivity index (χ0v) is 11.1. The zero-order chi connectivity index (χ0) is 12.6. The molecule has 1 aromatic carbocycles. The number of rotatable bonds is 2. The Morgan fingerprint density at radius 3 is 2.59 bits per heavy atom. The Labute approximate surface area is 109 Å². The maximum Gasteiger partial charge on any atom is 0.296 e. The predicted molar refractivity (Wildman–Crippen MR) is 62.5 cm³/mol. The third-order valence-corrected chi connectivity index (χ3v) is 3.36. The molecule has 0 unspecified atom stereocenters. The fraction of sp³-hybridized carbons (Fsp3) is 0. The lowest BCUT2D eigenvalue weighted by Gasteiger charge is -1.96. The van der Waals surface area contributed by atoms with Crippen LogP contribution in [0.4, 0.5) is 4.39 Å². The van der Waals surface area contributed by atoms with Crippen molar-refractivity contribution in [2.75, 3.05) is 0 Å². The van der Waals surface area contributed by atoms with Crippen molar-refractivity contribution < 1.29 is 12.8 Å². The highest BCUT2D eigenvalue weighted by molar-refractivity contribution is 9.10. The van der Waals surface area contributed by atoms with E-state index in [1.807, 2.05) is 0 Å². The molecule has 0 fully saturated rings. The van der Waals surface area contributed by atoms with E-state index in [1.165, 1.54) is 12.1 Å². The fourth-order valence-corrected chi connectivity index (χ4v) is 2.19. The average molecular weight is 341 g/mol. The van der Waals surface area contributed by atoms with E-state index in [2.05, 4.69) is 31.1 Å². The van der Waals surface area contributed by atoms with Crippen LogP contribution in [0.5, 0.6) is 0 Å². The summed E-state index contributed by atoms with van der Waals surface area (Å²) in [6.07, 6.45) is 0. The molecule has 0 radical (unpaired) electrons. The Hall–Kier alpha value is -0.990. The molecule has 0 aliphatic rings. The van der Waals surface area contributed by atoms with Crippen LogP contribution in [0.25, 0.3) is 11.4 Å². The second-order valence-corrected chi connectivity index (χ2v) is 6.46. The second-order valence-electron chi connectivity index (χ2n) is 3.06. The zero-order valence-electron chi connectivity index (χ0n) is 7.99. The topological polar surface area (TPSA) is 75.7 Å². The third kappa shape index (κ3) is 2.82. The Bertz CT molecular complexity index is 653. The minimum atomic E-state index is -3.97. The first kappa shape index (κ1) is 12.5. The summed E-state index contributed by atoms with van der Waals surface area (Å²) in [5.74, 6) is -0.445. The molecule has 9 heteroatoms. The minimum Gasteiger partial charge on any atom is -0.248 e. The molecular weight excluding hydrogens is 337 g/mol. The molecule has 0 aliphatic heterocycles. The molecule has 0 bridgehead atoms. The van der Waals surface area contributed by atoms with Crippen LogP contribution in [-0.4, -0.2) is 23.6 Å². The van der Waals surface area contributed by atoms with Gasteiger partial charge in [-0.3, -0.25) is 0 Å². The summed E-state index contributed by atoms with van der Waals surface area (Å²) >= 11 is 3.11. The van der Waals surface area contributed by atoms with Crippen LogP contribution in [0.3, 0.4) is 0 Å². The second kappa shape index (κ2) is 4.35. The number of halogens is 3. The highest BCUT2D eigenvalue weighted by Gasteiger charge is 2.17. The summed E-state index contributed by atoms with van der Waals surface area (Å²) in [6.45, 7) is 0. The van der Waals surface area contributed by atoms with Gasteiger partial charge < -0.3 is 0 Å². The van der Waals surface area contributed by atoms with E-state index in [1.54, 1.807) is 6.07 Å². The van der Waals surface area contributed by atoms with Crippen LogP contribution < -0.4 is 0 Å². The summed E-state index contributed by atoms with van der Waals surface area (Å²) < 4.78 is 35.5. The number of nitrogens with zero attached hydrogens (tertiary/aromatic N) is 2. The van der Waals surface area contributed by atoms with Gasteiger partial charge >= 0.3 is 0 Å². The lowest BCUT2D eigenvalue weighted by Crippen LogP contribution is -1.92. The van der Waals surface area contributed by atoms with Crippen molar-refractivity contribution in [2.24, 2.45) is 0 Å². The number of aromatic nitrogens is 3. The molecule has 0 atom stereocenters. The van der Waals surface area contributed by atoms with Crippen molar-refractivity contribution in [3.63, 3.8) is 0 Å². The maximum absolute atomic E-state index is 13.1. The van der Waals surface area contributed by atoms with Crippen molar-refractivity contribution >= 4 is 35.7 Å². The number of aromatic amines is 1. The third-order valence-electron chi connectivity index (χ3n) is 1.82. The summed E-state index contributed by atoms with van der Waals surface area (Å²) in [5, 5.41) is 5.33. The normalized spacial score (nSPS) is 11.7. The average Bonchev–Trinajstić information content (AvgIpc) is 2.63. The summed E-state index contributed by atoms with van der Waals surface area (Å²) in [7, 11) is 1.10. The minimum absolute atomic E-state index is 0.0458. The Balaban J connectivity index is 2.51. The van der Waals surface area contributed by atoms with Crippen LogP contribution in [-0.2, 0) is 9.05 Å². The quantitative estimate of drug-likeness (QED) is 0.851. The molecule has 5 nitrogen and oxygen atoms in total. The first-order valence-electron chi connectivity index (χ1n) is 4.20. The van der Waals surface area contributed by atoms with E-state index in [9.17, 15) is 12.8 Å². The molecule has 1 heterocycles. The van der Waals surface area contributed by atoms with Crippen LogP contribution in [0.1, 0.15) is 0 Å². The molecule has 1 N–H and O–H groups in total. The van der Waals surface area contributed by atoms with Gasteiger partial charge in [-0.2, -0.15) is 10.1 Å². The molecule has 2 rings (SSSR count). The molecule has 0 aliphatic carbocycles. The van der Waals surface area contributed by atoms with Gasteiger partial charge in [0.2, 0.25) is 0 Å². The molecule has 0 amide bonds. The maximum atomic E-state index is 13.1. The van der Waals surface area contributed by atoms with Gasteiger partial charge in [0.15, 0.2) is 5.82 Å². The number of nitrogens with one attached hydrogen (secondary N) is 1.